The number of rotatable bonds is 2. The van der Waals surface area contributed by atoms with Crippen LogP contribution in [0.2, 0.25) is 0 Å². The summed E-state index contributed by atoms with van der Waals surface area (Å²) in [6, 6.07) is 5.51. The van der Waals surface area contributed by atoms with Crippen molar-refractivity contribution in [3.63, 3.8) is 0 Å². The topological polar surface area (TPSA) is 36.7 Å². The molecule has 1 aromatic heterocycles. The van der Waals surface area contributed by atoms with Crippen molar-refractivity contribution in [1.29, 1.82) is 5.26 Å². The van der Waals surface area contributed by atoms with Crippen molar-refractivity contribution < 1.29 is 0 Å². The molecule has 0 spiro atoms. The largest absolute Gasteiger partial charge is 0.245 e. The van der Waals surface area contributed by atoms with E-state index in [1.165, 1.54) is 19.3 Å². The first-order valence-electron chi connectivity index (χ1n) is 6.07. The predicted octanol–water partition coefficient (Wildman–Crippen LogP) is 4.48. The van der Waals surface area contributed by atoms with Gasteiger partial charge in [0.05, 0.1) is 0 Å². The lowest BCUT2D eigenvalue weighted by atomic mass is 10.3. The maximum Gasteiger partial charge on any atom is 0.140 e. The molecule has 1 rings (SSSR count). The zero-order valence-electron chi connectivity index (χ0n) is 11.2. The molecule has 2 heteroatoms. The highest BCUT2D eigenvalue weighted by atomic mass is 14.7. The summed E-state index contributed by atoms with van der Waals surface area (Å²) in [5.41, 5.74) is 1.55. The highest BCUT2D eigenvalue weighted by Crippen LogP contribution is 1.95. The number of nitrogens with zero attached hydrogens (tertiary/aromatic N) is 2. The van der Waals surface area contributed by atoms with Crippen LogP contribution >= 0.6 is 0 Å². The normalized spacial score (nSPS) is 7.75. The molecule has 0 bridgehead atoms. The van der Waals surface area contributed by atoms with Gasteiger partial charge < -0.3 is 0 Å². The number of hydrogen-bond donors (Lipinski definition) is 0. The van der Waals surface area contributed by atoms with Crippen molar-refractivity contribution in [2.75, 3.05) is 0 Å². The molecule has 0 fully saturated rings. The summed E-state index contributed by atoms with van der Waals surface area (Å²) in [4.78, 5) is 3.84. The lowest BCUT2D eigenvalue weighted by molar-refractivity contribution is 0.772. The molecule has 0 N–H and O–H groups in total. The summed E-state index contributed by atoms with van der Waals surface area (Å²) >= 11 is 0. The molecule has 0 aliphatic carbocycles. The van der Waals surface area contributed by atoms with E-state index in [1.54, 1.807) is 12.3 Å². The molecule has 0 atom stereocenters. The van der Waals surface area contributed by atoms with Gasteiger partial charge in [0.2, 0.25) is 0 Å². The van der Waals surface area contributed by atoms with Crippen LogP contribution in [0.4, 0.5) is 0 Å². The van der Waals surface area contributed by atoms with Crippen molar-refractivity contribution in [2.45, 2.75) is 53.9 Å². The summed E-state index contributed by atoms with van der Waals surface area (Å²) in [7, 11) is 0. The van der Waals surface area contributed by atoms with Gasteiger partial charge in [0, 0.05) is 6.20 Å². The Hall–Kier alpha value is -1.36. The molecule has 1 aromatic rings. The SMILES string of the molecule is CC.CCCCC.Cc1ccc(C#N)nc1. The molecule has 0 aliphatic rings. The Morgan fingerprint density at radius 1 is 1.19 bits per heavy atom. The Morgan fingerprint density at radius 3 is 2.00 bits per heavy atom. The molecule has 90 valence electrons. The van der Waals surface area contributed by atoms with Crippen LogP contribution in [0.15, 0.2) is 18.3 Å². The van der Waals surface area contributed by atoms with E-state index in [4.69, 9.17) is 5.26 Å². The van der Waals surface area contributed by atoms with Gasteiger partial charge in [-0.2, -0.15) is 5.26 Å². The monoisotopic (exact) mass is 220 g/mol. The number of unbranched alkanes of at least 4 members (excludes halogenated alkanes) is 2. The second kappa shape index (κ2) is 13.6. The molecule has 0 saturated heterocycles. The van der Waals surface area contributed by atoms with Gasteiger partial charge in [-0.1, -0.05) is 53.0 Å². The molecular formula is C14H24N2. The van der Waals surface area contributed by atoms with Crippen LogP contribution in [0, 0.1) is 18.3 Å². The Morgan fingerprint density at radius 2 is 1.75 bits per heavy atom. The molecule has 1 heterocycles. The fourth-order valence-electron chi connectivity index (χ4n) is 0.887. The van der Waals surface area contributed by atoms with E-state index in [0.29, 0.717) is 5.69 Å². The molecule has 16 heavy (non-hydrogen) atoms. The smallest absolute Gasteiger partial charge is 0.140 e. The number of hydrogen-bond acceptors (Lipinski definition) is 2. The van der Waals surface area contributed by atoms with Gasteiger partial charge in [0.1, 0.15) is 11.8 Å². The van der Waals surface area contributed by atoms with Crippen LogP contribution in [0.5, 0.6) is 0 Å². The van der Waals surface area contributed by atoms with Crippen LogP contribution in [0.3, 0.4) is 0 Å². The first kappa shape index (κ1) is 17.0. The molecule has 2 nitrogen and oxygen atoms in total. The van der Waals surface area contributed by atoms with Gasteiger partial charge in [0.15, 0.2) is 0 Å². The second-order valence-corrected chi connectivity index (χ2v) is 3.19. The second-order valence-electron chi connectivity index (χ2n) is 3.19. The lowest BCUT2D eigenvalue weighted by Crippen LogP contribution is -1.80. The van der Waals surface area contributed by atoms with Crippen molar-refractivity contribution >= 4 is 0 Å². The zero-order valence-corrected chi connectivity index (χ0v) is 11.2. The summed E-state index contributed by atoms with van der Waals surface area (Å²) in [6.07, 6.45) is 5.76. The van der Waals surface area contributed by atoms with Gasteiger partial charge in [0.25, 0.3) is 0 Å². The third-order valence-electron chi connectivity index (χ3n) is 1.73. The van der Waals surface area contributed by atoms with E-state index in [2.05, 4.69) is 18.8 Å². The molecule has 0 radical (unpaired) electrons. The summed E-state index contributed by atoms with van der Waals surface area (Å²) < 4.78 is 0. The Bertz CT molecular complexity index is 268. The maximum absolute atomic E-state index is 8.32. The average molecular weight is 220 g/mol. The molecule has 0 aromatic carbocycles. The Balaban J connectivity index is 0. The molecule has 0 aliphatic heterocycles. The molecular weight excluding hydrogens is 196 g/mol. The summed E-state index contributed by atoms with van der Waals surface area (Å²) in [5.74, 6) is 0. The fraction of sp³-hybridized carbons (Fsp3) is 0.571. The van der Waals surface area contributed by atoms with E-state index < -0.39 is 0 Å². The average Bonchev–Trinajstić information content (AvgIpc) is 2.34. The number of aromatic nitrogens is 1. The standard InChI is InChI=1S/C7H6N2.C5H12.C2H6/c1-6-2-3-7(4-8)9-5-6;1-3-5-4-2;1-2/h2-3,5H,1H3;3-5H2,1-2H3;1-2H3. The van der Waals surface area contributed by atoms with E-state index in [0.717, 1.165) is 5.56 Å². The van der Waals surface area contributed by atoms with Crippen LogP contribution in [0.25, 0.3) is 0 Å². The number of pyridine rings is 1. The van der Waals surface area contributed by atoms with E-state index >= 15 is 0 Å². The Labute approximate surface area is 100 Å². The predicted molar refractivity (Wildman–Crippen MR) is 70.2 cm³/mol. The van der Waals surface area contributed by atoms with Crippen LogP contribution in [0.1, 0.15) is 58.2 Å². The minimum absolute atomic E-state index is 0.473. The maximum atomic E-state index is 8.32. The first-order chi connectivity index (χ1) is 7.74. The van der Waals surface area contributed by atoms with Crippen molar-refractivity contribution in [3.05, 3.63) is 29.6 Å². The highest BCUT2D eigenvalue weighted by molar-refractivity contribution is 5.21. The third-order valence-corrected chi connectivity index (χ3v) is 1.73. The third kappa shape index (κ3) is 10.7. The summed E-state index contributed by atoms with van der Waals surface area (Å²) in [6.45, 7) is 10.4. The van der Waals surface area contributed by atoms with Gasteiger partial charge in [-0.05, 0) is 18.6 Å². The van der Waals surface area contributed by atoms with Gasteiger partial charge >= 0.3 is 0 Å². The van der Waals surface area contributed by atoms with E-state index in [-0.39, 0.29) is 0 Å². The highest BCUT2D eigenvalue weighted by Gasteiger charge is 1.86. The number of aryl methyl sites for hydroxylation is 1. The number of nitriles is 1. The van der Waals surface area contributed by atoms with Crippen LogP contribution in [-0.4, -0.2) is 4.98 Å². The molecule has 0 amide bonds. The Kier molecular flexibility index (Phi) is 14.5. The van der Waals surface area contributed by atoms with Crippen molar-refractivity contribution in [1.82, 2.24) is 4.98 Å². The van der Waals surface area contributed by atoms with Gasteiger partial charge in [-0.3, -0.25) is 0 Å². The fourth-order valence-corrected chi connectivity index (χ4v) is 0.887. The van der Waals surface area contributed by atoms with E-state index in [9.17, 15) is 0 Å². The first-order valence-corrected chi connectivity index (χ1v) is 6.07. The van der Waals surface area contributed by atoms with E-state index in [1.807, 2.05) is 32.9 Å². The minimum atomic E-state index is 0.473. The molecule has 0 saturated carbocycles. The van der Waals surface area contributed by atoms with Crippen LogP contribution < -0.4 is 0 Å². The van der Waals surface area contributed by atoms with Crippen LogP contribution in [-0.2, 0) is 0 Å². The van der Waals surface area contributed by atoms with Crippen molar-refractivity contribution in [3.8, 4) is 6.07 Å². The lowest BCUT2D eigenvalue weighted by Gasteiger charge is -1.87. The minimum Gasteiger partial charge on any atom is -0.245 e. The quantitative estimate of drug-likeness (QED) is 0.736. The van der Waals surface area contributed by atoms with Crippen molar-refractivity contribution in [2.24, 2.45) is 0 Å². The van der Waals surface area contributed by atoms with Gasteiger partial charge in [-0.15, -0.1) is 0 Å². The zero-order chi connectivity index (χ0) is 12.8. The summed E-state index contributed by atoms with van der Waals surface area (Å²) in [5, 5.41) is 8.32. The van der Waals surface area contributed by atoms with Gasteiger partial charge in [-0.25, -0.2) is 4.98 Å². The molecule has 0 unspecified atom stereocenters.